The van der Waals surface area contributed by atoms with Gasteiger partial charge in [0, 0.05) is 11.8 Å². The van der Waals surface area contributed by atoms with E-state index in [0.29, 0.717) is 28.6 Å². The predicted molar refractivity (Wildman–Crippen MR) is 85.3 cm³/mol. The standard InChI is InChI=1S/C17H14N2O5/c1-17(16(21)19-11-4-2-3-5-12(11)24-17)15(20)18-10-6-7-13-14(8-10)23-9-22-13/h2-8H,9H2,1H3,(H,18,20)(H,19,21). The molecule has 2 heterocycles. The summed E-state index contributed by atoms with van der Waals surface area (Å²) in [5.74, 6) is 0.491. The third-order valence-corrected chi connectivity index (χ3v) is 3.95. The molecule has 24 heavy (non-hydrogen) atoms. The van der Waals surface area contributed by atoms with Crippen LogP contribution in [-0.2, 0) is 9.59 Å². The summed E-state index contributed by atoms with van der Waals surface area (Å²) in [6.45, 7) is 1.58. The second kappa shape index (κ2) is 5.16. The number of hydrogen-bond donors (Lipinski definition) is 2. The van der Waals surface area contributed by atoms with E-state index in [-0.39, 0.29) is 6.79 Å². The van der Waals surface area contributed by atoms with Gasteiger partial charge in [-0.2, -0.15) is 0 Å². The zero-order valence-electron chi connectivity index (χ0n) is 12.8. The summed E-state index contributed by atoms with van der Waals surface area (Å²) in [5.41, 5.74) is -0.651. The molecule has 0 aliphatic carbocycles. The van der Waals surface area contributed by atoms with Crippen LogP contribution in [-0.4, -0.2) is 24.2 Å². The maximum absolute atomic E-state index is 12.6. The van der Waals surface area contributed by atoms with Crippen molar-refractivity contribution in [3.8, 4) is 17.2 Å². The summed E-state index contributed by atoms with van der Waals surface area (Å²) >= 11 is 0. The van der Waals surface area contributed by atoms with Crippen LogP contribution in [0.2, 0.25) is 0 Å². The highest BCUT2D eigenvalue weighted by molar-refractivity contribution is 6.19. The molecule has 2 aliphatic heterocycles. The first-order chi connectivity index (χ1) is 11.6. The smallest absolute Gasteiger partial charge is 0.278 e. The lowest BCUT2D eigenvalue weighted by atomic mass is 10.0. The van der Waals surface area contributed by atoms with Gasteiger partial charge in [0.25, 0.3) is 17.4 Å². The summed E-state index contributed by atoms with van der Waals surface area (Å²) < 4.78 is 16.2. The molecule has 122 valence electrons. The van der Waals surface area contributed by atoms with Gasteiger partial charge in [-0.05, 0) is 31.2 Å². The molecule has 0 saturated heterocycles. The van der Waals surface area contributed by atoms with E-state index in [4.69, 9.17) is 14.2 Å². The van der Waals surface area contributed by atoms with Crippen molar-refractivity contribution in [2.24, 2.45) is 0 Å². The number of carbonyl (C=O) groups excluding carboxylic acids is 2. The van der Waals surface area contributed by atoms with Crippen LogP contribution >= 0.6 is 0 Å². The van der Waals surface area contributed by atoms with Crippen molar-refractivity contribution >= 4 is 23.2 Å². The Morgan fingerprint density at radius 3 is 2.79 bits per heavy atom. The monoisotopic (exact) mass is 326 g/mol. The fourth-order valence-electron chi connectivity index (χ4n) is 2.54. The van der Waals surface area contributed by atoms with Crippen LogP contribution in [0.15, 0.2) is 42.5 Å². The molecule has 2 N–H and O–H groups in total. The van der Waals surface area contributed by atoms with Crippen LogP contribution in [0.1, 0.15) is 6.92 Å². The minimum absolute atomic E-state index is 0.146. The number of fused-ring (bicyclic) bond motifs is 2. The molecule has 2 aliphatic rings. The van der Waals surface area contributed by atoms with E-state index >= 15 is 0 Å². The van der Waals surface area contributed by atoms with Crippen LogP contribution in [0, 0.1) is 0 Å². The summed E-state index contributed by atoms with van der Waals surface area (Å²) in [6.07, 6.45) is 0. The van der Waals surface area contributed by atoms with Crippen LogP contribution in [0.4, 0.5) is 11.4 Å². The quantitative estimate of drug-likeness (QED) is 0.826. The zero-order valence-corrected chi connectivity index (χ0v) is 12.8. The van der Waals surface area contributed by atoms with E-state index in [2.05, 4.69) is 10.6 Å². The zero-order chi connectivity index (χ0) is 16.7. The Kier molecular flexibility index (Phi) is 3.09. The fourth-order valence-corrected chi connectivity index (χ4v) is 2.54. The van der Waals surface area contributed by atoms with Crippen molar-refractivity contribution in [2.75, 3.05) is 17.4 Å². The Hall–Kier alpha value is -3.22. The Morgan fingerprint density at radius 1 is 1.12 bits per heavy atom. The lowest BCUT2D eigenvalue weighted by Gasteiger charge is -2.33. The Labute approximate surface area is 137 Å². The number of nitrogens with one attached hydrogen (secondary N) is 2. The van der Waals surface area contributed by atoms with E-state index in [0.717, 1.165) is 0 Å². The average Bonchev–Trinajstić information content (AvgIpc) is 3.03. The maximum Gasteiger partial charge on any atom is 0.278 e. The van der Waals surface area contributed by atoms with Crippen molar-refractivity contribution in [2.45, 2.75) is 12.5 Å². The average molecular weight is 326 g/mol. The molecule has 0 bridgehead atoms. The highest BCUT2D eigenvalue weighted by Crippen LogP contribution is 2.36. The maximum atomic E-state index is 12.6. The van der Waals surface area contributed by atoms with E-state index < -0.39 is 17.4 Å². The first-order valence-corrected chi connectivity index (χ1v) is 7.37. The molecule has 2 amide bonds. The van der Waals surface area contributed by atoms with Gasteiger partial charge in [0.1, 0.15) is 5.75 Å². The van der Waals surface area contributed by atoms with E-state index in [9.17, 15) is 9.59 Å². The van der Waals surface area contributed by atoms with Crippen LogP contribution in [0.3, 0.4) is 0 Å². The highest BCUT2D eigenvalue weighted by Gasteiger charge is 2.47. The molecule has 0 aromatic heterocycles. The molecule has 0 saturated carbocycles. The minimum atomic E-state index is -1.68. The molecule has 7 nitrogen and oxygen atoms in total. The fraction of sp³-hybridized carbons (Fsp3) is 0.176. The van der Waals surface area contributed by atoms with Gasteiger partial charge >= 0.3 is 0 Å². The van der Waals surface area contributed by atoms with Gasteiger partial charge in [-0.15, -0.1) is 0 Å². The SMILES string of the molecule is CC1(C(=O)Nc2ccc3c(c2)OCO3)Oc2ccccc2NC1=O. The number of rotatable bonds is 2. The van der Waals surface area contributed by atoms with Crippen molar-refractivity contribution in [3.05, 3.63) is 42.5 Å². The molecule has 4 rings (SSSR count). The molecule has 7 heteroatoms. The Bertz CT molecular complexity index is 851. The van der Waals surface area contributed by atoms with Gasteiger partial charge in [-0.1, -0.05) is 12.1 Å². The van der Waals surface area contributed by atoms with Crippen molar-refractivity contribution in [1.82, 2.24) is 0 Å². The van der Waals surface area contributed by atoms with E-state index in [1.54, 1.807) is 42.5 Å². The second-order valence-corrected chi connectivity index (χ2v) is 5.61. The first kappa shape index (κ1) is 14.4. The number of hydrogen-bond acceptors (Lipinski definition) is 5. The Morgan fingerprint density at radius 2 is 1.92 bits per heavy atom. The van der Waals surface area contributed by atoms with Gasteiger partial charge in [0.05, 0.1) is 5.69 Å². The summed E-state index contributed by atoms with van der Waals surface area (Å²) in [6, 6.07) is 12.0. The highest BCUT2D eigenvalue weighted by atomic mass is 16.7. The molecule has 1 atom stereocenters. The molecule has 2 aromatic rings. The normalized spacial score (nSPS) is 20.6. The largest absolute Gasteiger partial charge is 0.466 e. The minimum Gasteiger partial charge on any atom is -0.466 e. The van der Waals surface area contributed by atoms with Gasteiger partial charge < -0.3 is 24.8 Å². The number of amides is 2. The van der Waals surface area contributed by atoms with Crippen molar-refractivity contribution in [3.63, 3.8) is 0 Å². The number of para-hydroxylation sites is 2. The first-order valence-electron chi connectivity index (χ1n) is 7.37. The molecular formula is C17H14N2O5. The van der Waals surface area contributed by atoms with Gasteiger partial charge in [0.2, 0.25) is 6.79 Å². The lowest BCUT2D eigenvalue weighted by Crippen LogP contribution is -2.56. The molecular weight excluding hydrogens is 312 g/mol. The molecule has 0 radical (unpaired) electrons. The number of carbonyl (C=O) groups is 2. The Balaban J connectivity index is 1.58. The van der Waals surface area contributed by atoms with Crippen molar-refractivity contribution < 1.29 is 23.8 Å². The number of anilines is 2. The van der Waals surface area contributed by atoms with E-state index in [1.807, 2.05) is 0 Å². The summed E-state index contributed by atoms with van der Waals surface area (Å²) in [7, 11) is 0. The predicted octanol–water partition coefficient (Wildman–Crippen LogP) is 2.14. The van der Waals surface area contributed by atoms with E-state index in [1.165, 1.54) is 6.92 Å². The van der Waals surface area contributed by atoms with Crippen LogP contribution < -0.4 is 24.8 Å². The van der Waals surface area contributed by atoms with Gasteiger partial charge in [0.15, 0.2) is 11.5 Å². The third-order valence-electron chi connectivity index (χ3n) is 3.95. The lowest BCUT2D eigenvalue weighted by molar-refractivity contribution is -0.143. The topological polar surface area (TPSA) is 85.9 Å². The number of benzene rings is 2. The van der Waals surface area contributed by atoms with Crippen LogP contribution in [0.25, 0.3) is 0 Å². The molecule has 2 aromatic carbocycles. The second-order valence-electron chi connectivity index (χ2n) is 5.61. The molecule has 0 spiro atoms. The van der Waals surface area contributed by atoms with Gasteiger partial charge in [-0.3, -0.25) is 9.59 Å². The molecule has 1 unspecified atom stereocenters. The van der Waals surface area contributed by atoms with Gasteiger partial charge in [-0.25, -0.2) is 0 Å². The van der Waals surface area contributed by atoms with Crippen LogP contribution in [0.5, 0.6) is 17.2 Å². The number of ether oxygens (including phenoxy) is 3. The molecule has 0 fully saturated rings. The van der Waals surface area contributed by atoms with Crippen molar-refractivity contribution in [1.29, 1.82) is 0 Å². The summed E-state index contributed by atoms with van der Waals surface area (Å²) in [5, 5.41) is 5.37. The third kappa shape index (κ3) is 2.21. The summed E-state index contributed by atoms with van der Waals surface area (Å²) in [4.78, 5) is 25.0.